The first kappa shape index (κ1) is 22.9. The van der Waals surface area contributed by atoms with E-state index in [4.69, 9.17) is 0 Å². The Kier molecular flexibility index (Phi) is 6.36. The molecule has 0 bridgehead atoms. The van der Waals surface area contributed by atoms with Gasteiger partial charge in [0.1, 0.15) is 0 Å². The number of aryl methyl sites for hydroxylation is 1. The summed E-state index contributed by atoms with van der Waals surface area (Å²) in [6, 6.07) is 14.0. The predicted octanol–water partition coefficient (Wildman–Crippen LogP) is 8.23. The van der Waals surface area contributed by atoms with E-state index in [9.17, 15) is 0 Å². The van der Waals surface area contributed by atoms with Gasteiger partial charge in [0.15, 0.2) is 0 Å². The molecule has 0 heterocycles. The zero-order valence-electron chi connectivity index (χ0n) is 20.7. The van der Waals surface area contributed by atoms with Crippen LogP contribution in [-0.4, -0.2) is 5.43 Å². The summed E-state index contributed by atoms with van der Waals surface area (Å²) in [6.45, 7) is 21.7. The van der Waals surface area contributed by atoms with Crippen LogP contribution in [0, 0.1) is 26.7 Å². The van der Waals surface area contributed by atoms with Crippen molar-refractivity contribution in [2.75, 3.05) is 0 Å². The summed E-state index contributed by atoms with van der Waals surface area (Å²) >= 11 is -1.93. The molecule has 2 aromatic carbocycles. The predicted molar refractivity (Wildman–Crippen MR) is 135 cm³/mol. The maximum absolute atomic E-state index is 2.71. The van der Waals surface area contributed by atoms with Crippen LogP contribution in [0.3, 0.4) is 0 Å². The van der Waals surface area contributed by atoms with Crippen LogP contribution in [0.15, 0.2) is 62.5 Å². The van der Waals surface area contributed by atoms with Crippen molar-refractivity contribution in [2.24, 2.45) is 5.92 Å². The van der Waals surface area contributed by atoms with Gasteiger partial charge in [0.2, 0.25) is 0 Å². The molecular formula is C29H36SiZr. The van der Waals surface area contributed by atoms with Crippen LogP contribution in [0.25, 0.3) is 5.57 Å². The van der Waals surface area contributed by atoms with Crippen LogP contribution in [0.5, 0.6) is 0 Å². The van der Waals surface area contributed by atoms with Gasteiger partial charge >= 0.3 is 198 Å². The molecule has 2 aliphatic rings. The standard InChI is InChI=1S/C18H17.C9H13.C2H6Si.Zr/c1-12-8-10-16(14(3)13(12)2)18-11-9-15-6-4-5-7-17(15)18;1-6-5-7(2)9(4)8(6)3;1-3-2;/h4-11H,1-3H3;6H,1-4H3;1-2H3;. The average molecular weight is 504 g/mol. The van der Waals surface area contributed by atoms with Crippen molar-refractivity contribution in [2.45, 2.75) is 65.2 Å². The van der Waals surface area contributed by atoms with Crippen LogP contribution in [0.1, 0.15) is 64.7 Å². The third-order valence-electron chi connectivity index (χ3n) is 8.05. The maximum atomic E-state index is 2.71. The number of allylic oxidation sites excluding steroid dienone is 5. The molecule has 0 aromatic heterocycles. The van der Waals surface area contributed by atoms with E-state index in [-0.39, 0.29) is 5.43 Å². The fourth-order valence-electron chi connectivity index (χ4n) is 5.63. The van der Waals surface area contributed by atoms with Crippen LogP contribution in [0.2, 0.25) is 13.1 Å². The fraction of sp³-hybridized carbons (Fsp3) is 0.379. The molecule has 4 rings (SSSR count). The first-order chi connectivity index (χ1) is 14.6. The van der Waals surface area contributed by atoms with Crippen LogP contribution < -0.4 is 0 Å². The minimum atomic E-state index is -1.93. The van der Waals surface area contributed by atoms with Gasteiger partial charge in [-0.05, 0) is 0 Å². The number of benzene rings is 2. The number of hydrogen-bond donors (Lipinski definition) is 0. The van der Waals surface area contributed by atoms with Crippen molar-refractivity contribution in [3.05, 3.63) is 95.9 Å². The van der Waals surface area contributed by atoms with E-state index in [2.05, 4.69) is 104 Å². The summed E-state index contributed by atoms with van der Waals surface area (Å²) in [5.74, 6) is 0.655. The Morgan fingerprint density at radius 2 is 1.45 bits per heavy atom. The molecule has 0 N–H and O–H groups in total. The second-order valence-electron chi connectivity index (χ2n) is 9.81. The number of hydrogen-bond acceptors (Lipinski definition) is 0. The van der Waals surface area contributed by atoms with Crippen molar-refractivity contribution >= 4 is 11.0 Å². The van der Waals surface area contributed by atoms with Gasteiger partial charge in [0.05, 0.1) is 0 Å². The van der Waals surface area contributed by atoms with Crippen molar-refractivity contribution in [3.8, 4) is 0 Å². The quantitative estimate of drug-likeness (QED) is 0.370. The van der Waals surface area contributed by atoms with Gasteiger partial charge in [-0.25, -0.2) is 0 Å². The van der Waals surface area contributed by atoms with E-state index in [1.165, 1.54) is 33.4 Å². The third kappa shape index (κ3) is 3.68. The molecule has 31 heavy (non-hydrogen) atoms. The van der Waals surface area contributed by atoms with E-state index in [0.717, 1.165) is 0 Å². The molecule has 2 unspecified atom stereocenters. The normalized spacial score (nSPS) is 20.4. The Labute approximate surface area is 197 Å². The van der Waals surface area contributed by atoms with Gasteiger partial charge in [-0.1, -0.05) is 0 Å². The van der Waals surface area contributed by atoms with Gasteiger partial charge in [-0.2, -0.15) is 0 Å². The molecule has 0 spiro atoms. The first-order valence-corrected chi connectivity index (χ1v) is 20.4. The minimum absolute atomic E-state index is 0.354. The zero-order chi connectivity index (χ0) is 22.6. The van der Waals surface area contributed by atoms with E-state index >= 15 is 0 Å². The topological polar surface area (TPSA) is 0 Å². The van der Waals surface area contributed by atoms with Crippen LogP contribution >= 0.6 is 0 Å². The summed E-state index contributed by atoms with van der Waals surface area (Å²) in [4.78, 5) is 0. The molecule has 160 valence electrons. The third-order valence-corrected chi connectivity index (χ3v) is 26.6. The van der Waals surface area contributed by atoms with E-state index in [1.54, 1.807) is 22.3 Å². The van der Waals surface area contributed by atoms with Crippen molar-refractivity contribution in [3.63, 3.8) is 0 Å². The van der Waals surface area contributed by atoms with Crippen molar-refractivity contribution in [1.29, 1.82) is 0 Å². The second-order valence-corrected chi connectivity index (χ2v) is 27.3. The summed E-state index contributed by atoms with van der Waals surface area (Å²) in [6.07, 6.45) is 2.71. The molecule has 2 atom stereocenters. The summed E-state index contributed by atoms with van der Waals surface area (Å²) in [5, 5.41) is 0. The van der Waals surface area contributed by atoms with Gasteiger partial charge in [-0.15, -0.1) is 0 Å². The number of rotatable bonds is 3. The molecular weight excluding hydrogens is 468 g/mol. The van der Waals surface area contributed by atoms with Gasteiger partial charge in [0, 0.05) is 0 Å². The Balaban J connectivity index is 1.94. The molecule has 0 amide bonds. The molecule has 0 saturated heterocycles. The van der Waals surface area contributed by atoms with Crippen LogP contribution in [-0.2, 0) is 20.4 Å². The number of fused-ring (bicyclic) bond motifs is 1. The summed E-state index contributed by atoms with van der Waals surface area (Å²) < 4.78 is 2.58. The Morgan fingerprint density at radius 1 is 0.774 bits per heavy atom. The van der Waals surface area contributed by atoms with E-state index < -0.39 is 20.4 Å². The molecule has 2 aromatic rings. The van der Waals surface area contributed by atoms with Gasteiger partial charge in [-0.3, -0.25) is 0 Å². The van der Waals surface area contributed by atoms with E-state index in [1.807, 2.05) is 3.28 Å². The molecule has 2 aliphatic carbocycles. The molecule has 0 fully saturated rings. The monoisotopic (exact) mass is 502 g/mol. The first-order valence-electron chi connectivity index (χ1n) is 11.6. The van der Waals surface area contributed by atoms with Gasteiger partial charge < -0.3 is 0 Å². The van der Waals surface area contributed by atoms with Crippen LogP contribution in [0.4, 0.5) is 0 Å². The fourth-order valence-corrected chi connectivity index (χ4v) is 25.3. The van der Waals surface area contributed by atoms with Gasteiger partial charge in [0.25, 0.3) is 0 Å². The summed E-state index contributed by atoms with van der Waals surface area (Å²) in [7, 11) is 0. The Hall–Kier alpha value is -1.24. The molecule has 0 nitrogen and oxygen atoms in total. The zero-order valence-corrected chi connectivity index (χ0v) is 24.2. The summed E-state index contributed by atoms with van der Waals surface area (Å²) in [5.41, 5.74) is 14.8. The van der Waals surface area contributed by atoms with Crippen molar-refractivity contribution < 1.29 is 20.4 Å². The SMILES string of the molecule is CC1=C(C)C(C)[C]([Zr]([CH]2C=C(c3ccc(C)c(C)c3C)c3ccccc32)=[Si](C)C)=C1C. The molecule has 0 aliphatic heterocycles. The molecule has 0 saturated carbocycles. The Bertz CT molecular complexity index is 1220. The molecule has 2 heteroatoms. The molecule has 0 radical (unpaired) electrons. The van der Waals surface area contributed by atoms with Crippen molar-refractivity contribution in [1.82, 2.24) is 0 Å². The average Bonchev–Trinajstić information content (AvgIpc) is 3.20. The second kappa shape index (κ2) is 8.60. The van der Waals surface area contributed by atoms with E-state index in [0.29, 0.717) is 9.54 Å². The Morgan fingerprint density at radius 3 is 2.06 bits per heavy atom.